The van der Waals surface area contributed by atoms with Crippen LogP contribution in [0, 0.1) is 0 Å². The largest absolute Gasteiger partial charge is 0.324 e. The highest BCUT2D eigenvalue weighted by atomic mass is 32.2. The van der Waals surface area contributed by atoms with Gasteiger partial charge in [0.25, 0.3) is 10.1 Å². The summed E-state index contributed by atoms with van der Waals surface area (Å²) >= 11 is 0. The van der Waals surface area contributed by atoms with Crippen LogP contribution in [0.25, 0.3) is 0 Å². The number of nitrogens with two attached hydrogens (primary N) is 1. The van der Waals surface area contributed by atoms with Crippen LogP contribution in [0.1, 0.15) is 25.0 Å². The van der Waals surface area contributed by atoms with Gasteiger partial charge in [0.15, 0.2) is 0 Å². The van der Waals surface area contributed by atoms with E-state index in [-0.39, 0.29) is 12.8 Å². The molecule has 0 aliphatic heterocycles. The van der Waals surface area contributed by atoms with Crippen LogP contribution < -0.4 is 5.73 Å². The third-order valence-electron chi connectivity index (χ3n) is 4.33. The Kier molecular flexibility index (Phi) is 4.94. The van der Waals surface area contributed by atoms with Crippen molar-refractivity contribution in [1.82, 2.24) is 0 Å². The summed E-state index contributed by atoms with van der Waals surface area (Å²) in [5, 5.41) is 0. The average Bonchev–Trinajstić information content (AvgIpc) is 2.46. The predicted molar refractivity (Wildman–Crippen MR) is 92.8 cm³/mol. The van der Waals surface area contributed by atoms with Crippen LogP contribution in [0.5, 0.6) is 0 Å². The summed E-state index contributed by atoms with van der Waals surface area (Å²) in [7, 11) is -4.41. The van der Waals surface area contributed by atoms with Crippen molar-refractivity contribution in [2.45, 2.75) is 37.0 Å². The molecule has 0 saturated heterocycles. The highest BCUT2D eigenvalue weighted by Crippen LogP contribution is 2.35. The Morgan fingerprint density at radius 3 is 1.48 bits per heavy atom. The van der Waals surface area contributed by atoms with Gasteiger partial charge in [0.2, 0.25) is 0 Å². The molecule has 124 valence electrons. The molecule has 0 spiro atoms. The number of hydrogen-bond donors (Lipinski definition) is 2. The fourth-order valence-corrected chi connectivity index (χ4v) is 4.25. The second kappa shape index (κ2) is 6.43. The van der Waals surface area contributed by atoms with Gasteiger partial charge in [0.1, 0.15) is 4.75 Å². The standard InChI is InChI=1S/C18H23NO3S/c1-17(2,19)18(23(20,21)22,13-15-9-5-3-6-10-15)14-16-11-7-4-8-12-16/h3-12H,13-14,19H2,1-2H3,(H,20,21,22). The summed E-state index contributed by atoms with van der Waals surface area (Å²) in [6.07, 6.45) is 0.288. The van der Waals surface area contributed by atoms with Crippen molar-refractivity contribution in [3.8, 4) is 0 Å². The van der Waals surface area contributed by atoms with Crippen molar-refractivity contribution in [2.75, 3.05) is 0 Å². The maximum Gasteiger partial charge on any atom is 0.273 e. The Morgan fingerprint density at radius 1 is 0.870 bits per heavy atom. The van der Waals surface area contributed by atoms with Crippen molar-refractivity contribution in [3.05, 3.63) is 71.8 Å². The zero-order valence-corrected chi connectivity index (χ0v) is 14.3. The van der Waals surface area contributed by atoms with E-state index in [0.29, 0.717) is 0 Å². The molecule has 0 unspecified atom stereocenters. The van der Waals surface area contributed by atoms with Gasteiger partial charge in [-0.25, -0.2) is 0 Å². The lowest BCUT2D eigenvalue weighted by molar-refractivity contribution is 0.306. The van der Waals surface area contributed by atoms with Gasteiger partial charge in [-0.15, -0.1) is 0 Å². The lowest BCUT2D eigenvalue weighted by Gasteiger charge is -2.42. The molecule has 2 rings (SSSR count). The third kappa shape index (κ3) is 3.80. The lowest BCUT2D eigenvalue weighted by atomic mass is 9.78. The summed E-state index contributed by atoms with van der Waals surface area (Å²) < 4.78 is 33.3. The Morgan fingerprint density at radius 2 is 1.22 bits per heavy atom. The Labute approximate surface area is 138 Å². The smallest absolute Gasteiger partial charge is 0.273 e. The SMILES string of the molecule is CC(C)(N)C(Cc1ccccc1)(Cc1ccccc1)S(=O)(=O)O. The van der Waals surface area contributed by atoms with Crippen LogP contribution in [0.4, 0.5) is 0 Å². The lowest BCUT2D eigenvalue weighted by Crippen LogP contribution is -2.63. The van der Waals surface area contributed by atoms with E-state index in [0.717, 1.165) is 11.1 Å². The van der Waals surface area contributed by atoms with Crippen LogP contribution >= 0.6 is 0 Å². The number of hydrogen-bond acceptors (Lipinski definition) is 3. The molecular formula is C18H23NO3S. The van der Waals surface area contributed by atoms with Crippen molar-refractivity contribution in [1.29, 1.82) is 0 Å². The van der Waals surface area contributed by atoms with Crippen molar-refractivity contribution in [2.24, 2.45) is 5.73 Å². The molecule has 0 heterocycles. The molecule has 2 aromatic rings. The molecule has 0 aliphatic carbocycles. The van der Waals surface area contributed by atoms with E-state index in [1.807, 2.05) is 60.7 Å². The minimum Gasteiger partial charge on any atom is -0.324 e. The van der Waals surface area contributed by atoms with E-state index < -0.39 is 20.4 Å². The molecule has 0 atom stereocenters. The summed E-state index contributed by atoms with van der Waals surface area (Å²) in [6.45, 7) is 3.29. The Balaban J connectivity index is 2.56. The Hall–Kier alpha value is -1.69. The van der Waals surface area contributed by atoms with Crippen LogP contribution in [0.15, 0.2) is 60.7 Å². The van der Waals surface area contributed by atoms with Gasteiger partial charge in [-0.2, -0.15) is 8.42 Å². The molecule has 2 aromatic carbocycles. The topological polar surface area (TPSA) is 80.4 Å². The second-order valence-electron chi connectivity index (χ2n) is 6.52. The van der Waals surface area contributed by atoms with E-state index in [9.17, 15) is 13.0 Å². The van der Waals surface area contributed by atoms with E-state index >= 15 is 0 Å². The quantitative estimate of drug-likeness (QED) is 0.797. The monoisotopic (exact) mass is 333 g/mol. The van der Waals surface area contributed by atoms with Crippen LogP contribution in [0.2, 0.25) is 0 Å². The van der Waals surface area contributed by atoms with E-state index in [4.69, 9.17) is 5.73 Å². The Bertz CT molecular complexity index is 693. The van der Waals surface area contributed by atoms with Crippen molar-refractivity contribution >= 4 is 10.1 Å². The number of benzene rings is 2. The highest BCUT2D eigenvalue weighted by molar-refractivity contribution is 7.87. The van der Waals surface area contributed by atoms with Crippen LogP contribution in [-0.2, 0) is 23.0 Å². The van der Waals surface area contributed by atoms with Gasteiger partial charge in [-0.3, -0.25) is 4.55 Å². The van der Waals surface area contributed by atoms with E-state index in [1.165, 1.54) is 0 Å². The predicted octanol–water partition coefficient (Wildman–Crippen LogP) is 2.84. The van der Waals surface area contributed by atoms with Gasteiger partial charge in [0, 0.05) is 5.54 Å². The molecule has 5 heteroatoms. The van der Waals surface area contributed by atoms with Gasteiger partial charge < -0.3 is 5.73 Å². The molecule has 0 aromatic heterocycles. The first-order chi connectivity index (χ1) is 10.7. The average molecular weight is 333 g/mol. The zero-order chi connectivity index (χ0) is 17.1. The summed E-state index contributed by atoms with van der Waals surface area (Å²) in [5.74, 6) is 0. The van der Waals surface area contributed by atoms with Gasteiger partial charge in [-0.1, -0.05) is 60.7 Å². The van der Waals surface area contributed by atoms with Gasteiger partial charge >= 0.3 is 0 Å². The minimum absolute atomic E-state index is 0.144. The number of rotatable bonds is 6. The summed E-state index contributed by atoms with van der Waals surface area (Å²) in [6, 6.07) is 18.5. The summed E-state index contributed by atoms with van der Waals surface area (Å²) in [4.78, 5) is 0. The maximum absolute atomic E-state index is 12.4. The van der Waals surface area contributed by atoms with Crippen molar-refractivity contribution in [3.63, 3.8) is 0 Å². The van der Waals surface area contributed by atoms with Crippen LogP contribution in [-0.4, -0.2) is 23.3 Å². The molecule has 0 fully saturated rings. The first kappa shape index (κ1) is 17.7. The molecule has 0 saturated carbocycles. The second-order valence-corrected chi connectivity index (χ2v) is 8.25. The fourth-order valence-electron chi connectivity index (χ4n) is 2.88. The van der Waals surface area contributed by atoms with E-state index in [2.05, 4.69) is 0 Å². The third-order valence-corrected chi connectivity index (χ3v) is 6.14. The highest BCUT2D eigenvalue weighted by Gasteiger charge is 2.52. The van der Waals surface area contributed by atoms with Gasteiger partial charge in [0.05, 0.1) is 0 Å². The molecule has 3 N–H and O–H groups in total. The molecule has 4 nitrogen and oxygen atoms in total. The van der Waals surface area contributed by atoms with Crippen LogP contribution in [0.3, 0.4) is 0 Å². The summed E-state index contributed by atoms with van der Waals surface area (Å²) in [5.41, 5.74) is 6.76. The molecular weight excluding hydrogens is 310 g/mol. The fraction of sp³-hybridized carbons (Fsp3) is 0.333. The molecule has 0 bridgehead atoms. The first-order valence-corrected chi connectivity index (χ1v) is 8.93. The molecule has 23 heavy (non-hydrogen) atoms. The normalized spacial score (nSPS) is 13.0. The zero-order valence-electron chi connectivity index (χ0n) is 13.4. The van der Waals surface area contributed by atoms with Gasteiger partial charge in [-0.05, 0) is 37.8 Å². The maximum atomic E-state index is 12.4. The van der Waals surface area contributed by atoms with E-state index in [1.54, 1.807) is 13.8 Å². The molecule has 0 radical (unpaired) electrons. The molecule has 0 amide bonds. The van der Waals surface area contributed by atoms with Crippen molar-refractivity contribution < 1.29 is 13.0 Å². The first-order valence-electron chi connectivity index (χ1n) is 7.49. The minimum atomic E-state index is -4.41. The molecule has 0 aliphatic rings.